The van der Waals surface area contributed by atoms with Gasteiger partial charge in [0.25, 0.3) is 5.91 Å². The Balaban J connectivity index is 1.11. The molecule has 0 saturated heterocycles. The van der Waals surface area contributed by atoms with Crippen LogP contribution in [-0.4, -0.2) is 81.1 Å². The highest BCUT2D eigenvalue weighted by molar-refractivity contribution is 6.31. The number of urea groups is 2. The zero-order valence-electron chi connectivity index (χ0n) is 35.2. The number of nitrogens with one attached hydrogen (secondary N) is 3. The maximum Gasteiger partial charge on any atom is 0.417 e. The van der Waals surface area contributed by atoms with Gasteiger partial charge < -0.3 is 51.5 Å². The largest absolute Gasteiger partial charge is 0.508 e. The normalized spacial score (nSPS) is 12.3. The topological polar surface area (TPSA) is 232 Å². The number of phenolic OH excluding ortho intramolecular Hbond substituents is 2. The number of carbonyl (C=O) groups excluding carboxylic acids is 3. The Bertz CT molecular complexity index is 2420. The molecule has 1 unspecified atom stereocenters. The second-order valence-electron chi connectivity index (χ2n) is 14.7. The number of rotatable bonds is 16. The van der Waals surface area contributed by atoms with Gasteiger partial charge in [0.05, 0.1) is 10.6 Å². The van der Waals surface area contributed by atoms with E-state index in [1.807, 2.05) is 13.8 Å². The van der Waals surface area contributed by atoms with Crippen LogP contribution in [0.2, 0.25) is 5.02 Å². The Morgan fingerprint density at radius 3 is 2.12 bits per heavy atom. The molecule has 64 heavy (non-hydrogen) atoms. The first-order chi connectivity index (χ1) is 30.3. The van der Waals surface area contributed by atoms with Gasteiger partial charge in [-0.2, -0.15) is 13.2 Å². The molecule has 0 spiro atoms. The number of benzene rings is 4. The summed E-state index contributed by atoms with van der Waals surface area (Å²) in [6.45, 7) is 6.93. The van der Waals surface area contributed by atoms with Crippen LogP contribution in [0.3, 0.4) is 0 Å². The summed E-state index contributed by atoms with van der Waals surface area (Å²) in [5.74, 6) is -0.491. The molecule has 340 valence electrons. The van der Waals surface area contributed by atoms with Gasteiger partial charge in [-0.05, 0) is 90.7 Å². The molecule has 1 heterocycles. The summed E-state index contributed by atoms with van der Waals surface area (Å²) in [4.78, 5) is 47.1. The monoisotopic (exact) mass is 907 g/mol. The van der Waals surface area contributed by atoms with Crippen molar-refractivity contribution in [1.82, 2.24) is 20.1 Å². The number of anilines is 3. The molecule has 1 aromatic heterocycles. The highest BCUT2D eigenvalue weighted by atomic mass is 35.5. The molecule has 2 atom stereocenters. The Morgan fingerprint density at radius 1 is 0.859 bits per heavy atom. The number of aliphatic hydroxyl groups is 1. The maximum absolute atomic E-state index is 13.4. The molecule has 0 fully saturated rings. The number of aromatic hydroxyl groups is 2. The Labute approximate surface area is 372 Å². The number of pyridine rings is 1. The van der Waals surface area contributed by atoms with Gasteiger partial charge in [0.15, 0.2) is 6.35 Å². The van der Waals surface area contributed by atoms with Crippen LogP contribution in [0.4, 0.5) is 39.8 Å². The lowest BCUT2D eigenvalue weighted by Crippen LogP contribution is -2.47. The molecule has 5 amide bonds. The molecule has 16 nitrogen and oxygen atoms in total. The zero-order valence-corrected chi connectivity index (χ0v) is 36.0. The minimum atomic E-state index is -4.70. The molecule has 5 rings (SSSR count). The highest BCUT2D eigenvalue weighted by Crippen LogP contribution is 2.38. The number of nitrogens with two attached hydrogens (primary N) is 2. The summed E-state index contributed by atoms with van der Waals surface area (Å²) >= 11 is 5.65. The molecule has 0 aliphatic heterocycles. The van der Waals surface area contributed by atoms with Gasteiger partial charge in [0.2, 0.25) is 0 Å². The van der Waals surface area contributed by atoms with Gasteiger partial charge in [0.1, 0.15) is 34.9 Å². The van der Waals surface area contributed by atoms with E-state index in [0.29, 0.717) is 42.3 Å². The maximum atomic E-state index is 13.4. The number of halogens is 4. The van der Waals surface area contributed by atoms with E-state index in [4.69, 9.17) is 27.8 Å². The van der Waals surface area contributed by atoms with Crippen LogP contribution in [0.1, 0.15) is 65.6 Å². The van der Waals surface area contributed by atoms with Crippen molar-refractivity contribution in [3.63, 3.8) is 0 Å². The van der Waals surface area contributed by atoms with Crippen LogP contribution in [0, 0.1) is 0 Å². The number of alkyl halides is 3. The summed E-state index contributed by atoms with van der Waals surface area (Å²) < 4.78 is 45.4. The first-order valence-electron chi connectivity index (χ1n) is 19.9. The fraction of sp³-hybridized carbons (Fsp3) is 0.273. The Kier molecular flexibility index (Phi) is 16.0. The summed E-state index contributed by atoms with van der Waals surface area (Å²) in [5, 5.41) is 38.9. The van der Waals surface area contributed by atoms with Crippen LogP contribution in [-0.2, 0) is 12.7 Å². The van der Waals surface area contributed by atoms with Gasteiger partial charge in [-0.3, -0.25) is 20.4 Å². The average Bonchev–Trinajstić information content (AvgIpc) is 3.24. The number of nitrogens with zero attached hydrogens (tertiary/aromatic N) is 4. The zero-order chi connectivity index (χ0) is 46.9. The number of imide groups is 1. The first-order valence-corrected chi connectivity index (χ1v) is 20.2. The molecular weight excluding hydrogens is 859 g/mol. The van der Waals surface area contributed by atoms with Gasteiger partial charge in [-0.15, -0.1) is 0 Å². The number of aliphatic hydroxyl groups excluding tert-OH is 1. The third-order valence-electron chi connectivity index (χ3n) is 9.90. The van der Waals surface area contributed by atoms with Crippen molar-refractivity contribution in [2.45, 2.75) is 51.9 Å². The lowest BCUT2D eigenvalue weighted by atomic mass is 9.97. The number of phenols is 2. The molecule has 0 radical (unpaired) electrons. The number of hydrogen-bond acceptors (Lipinski definition) is 12. The predicted octanol–water partition coefficient (Wildman–Crippen LogP) is 7.73. The van der Waals surface area contributed by atoms with Gasteiger partial charge in [0, 0.05) is 74.2 Å². The number of likely N-dealkylation sites (N-methyl/N-ethyl adjacent to an activating group) is 1. The van der Waals surface area contributed by atoms with Crippen molar-refractivity contribution >= 4 is 46.6 Å². The second kappa shape index (κ2) is 21.2. The molecule has 0 saturated carbocycles. The molecule has 10 N–H and O–H groups in total. The van der Waals surface area contributed by atoms with E-state index in [0.717, 1.165) is 22.6 Å². The van der Waals surface area contributed by atoms with E-state index in [9.17, 15) is 42.9 Å². The Hall–Kier alpha value is -6.64. The van der Waals surface area contributed by atoms with E-state index in [1.54, 1.807) is 37.3 Å². The standard InChI is InChI=1S/C44H49ClF3N9O7/c1-5-56(19-18-51-24-26-6-11-29(12-7-26)57(41(50)61)39(49)33-22-32(25(2)3)37(58)23-38(33)59)43(63)55(4)40(60)36-21-31(16-17-52-36)64-30-13-8-27(9-14-30)53-42(62)54-28-10-15-35(45)34(20-28)44(46,47)48/h6-17,20-23,25,39,41,51,58-59,61H,5,18-19,24,49-50H2,1-4H3,(H2,53,54,62)/t39-,41?/m1/s1. The molecule has 20 heteroatoms. The fourth-order valence-corrected chi connectivity index (χ4v) is 6.70. The quantitative estimate of drug-likeness (QED) is 0.0351. The smallest absolute Gasteiger partial charge is 0.417 e. The number of aromatic nitrogens is 1. The van der Waals surface area contributed by atoms with Crippen molar-refractivity contribution in [1.29, 1.82) is 0 Å². The molecule has 5 aromatic rings. The van der Waals surface area contributed by atoms with E-state index < -0.39 is 47.2 Å². The summed E-state index contributed by atoms with van der Waals surface area (Å²) in [7, 11) is 1.35. The lowest BCUT2D eigenvalue weighted by Gasteiger charge is -2.34. The van der Waals surface area contributed by atoms with E-state index in [1.165, 1.54) is 71.6 Å². The number of ether oxygens (including phenoxy) is 1. The summed E-state index contributed by atoms with van der Waals surface area (Å²) in [6.07, 6.45) is -5.91. The van der Waals surface area contributed by atoms with E-state index in [2.05, 4.69) is 20.9 Å². The van der Waals surface area contributed by atoms with Crippen molar-refractivity contribution in [3.05, 3.63) is 130 Å². The third-order valence-corrected chi connectivity index (χ3v) is 10.2. The van der Waals surface area contributed by atoms with Crippen molar-refractivity contribution in [3.8, 4) is 23.0 Å². The van der Waals surface area contributed by atoms with Crippen LogP contribution in [0.25, 0.3) is 0 Å². The molecular formula is C44H49ClF3N9O7. The SMILES string of the molecule is CCN(CCNCc1ccc(N(C(N)O)[C@@H](N)c2cc(C(C)C)c(O)cc2O)cc1)C(=O)N(C)C(=O)c1cc(Oc2ccc(NC(=O)Nc3ccc(Cl)c(C(F)(F)F)c3)cc2)ccn1. The van der Waals surface area contributed by atoms with Gasteiger partial charge >= 0.3 is 18.2 Å². The van der Waals surface area contributed by atoms with Crippen LogP contribution in [0.15, 0.2) is 97.2 Å². The number of carbonyl (C=O) groups is 3. The van der Waals surface area contributed by atoms with Crippen LogP contribution < -0.4 is 37.1 Å². The number of hydrogen-bond donors (Lipinski definition) is 8. The van der Waals surface area contributed by atoms with Crippen molar-refractivity contribution in [2.24, 2.45) is 11.5 Å². The minimum absolute atomic E-state index is 0.0568. The highest BCUT2D eigenvalue weighted by Gasteiger charge is 2.33. The van der Waals surface area contributed by atoms with Crippen molar-refractivity contribution in [2.75, 3.05) is 42.2 Å². The molecule has 0 bridgehead atoms. The predicted molar refractivity (Wildman–Crippen MR) is 236 cm³/mol. The molecule has 4 aromatic carbocycles. The van der Waals surface area contributed by atoms with E-state index in [-0.39, 0.29) is 46.7 Å². The summed E-state index contributed by atoms with van der Waals surface area (Å²) in [5.41, 5.74) is 13.6. The van der Waals surface area contributed by atoms with Gasteiger partial charge in [-0.1, -0.05) is 37.6 Å². The summed E-state index contributed by atoms with van der Waals surface area (Å²) in [6, 6.07) is 20.4. The fourth-order valence-electron chi connectivity index (χ4n) is 6.48. The van der Waals surface area contributed by atoms with Crippen LogP contribution in [0.5, 0.6) is 23.0 Å². The average molecular weight is 908 g/mol. The molecule has 0 aliphatic carbocycles. The first kappa shape index (κ1) is 48.4. The third kappa shape index (κ3) is 12.3. The van der Waals surface area contributed by atoms with E-state index >= 15 is 0 Å². The lowest BCUT2D eigenvalue weighted by molar-refractivity contribution is -0.137. The number of amides is 5. The van der Waals surface area contributed by atoms with Crippen molar-refractivity contribution < 1.29 is 47.6 Å². The second-order valence-corrected chi connectivity index (χ2v) is 15.1. The van der Waals surface area contributed by atoms with Gasteiger partial charge in [-0.25, -0.2) is 9.59 Å². The molecule has 0 aliphatic rings. The Morgan fingerprint density at radius 2 is 1.50 bits per heavy atom. The minimum Gasteiger partial charge on any atom is -0.508 e. The van der Waals surface area contributed by atoms with Crippen LogP contribution >= 0.6 is 11.6 Å².